The molecule has 0 spiro atoms. The van der Waals surface area contributed by atoms with Gasteiger partial charge >= 0.3 is 0 Å². The molecule has 0 fully saturated rings. The van der Waals surface area contributed by atoms with E-state index >= 15 is 0 Å². The van der Waals surface area contributed by atoms with Crippen LogP contribution in [0.4, 0.5) is 68.2 Å². The second-order valence-electron chi connectivity index (χ2n) is 34.9. The number of hydrogen-bond donors (Lipinski definition) is 0. The van der Waals surface area contributed by atoms with Gasteiger partial charge in [0.1, 0.15) is 0 Å². The van der Waals surface area contributed by atoms with Crippen molar-refractivity contribution >= 4 is 68.2 Å². The van der Waals surface area contributed by atoms with E-state index < -0.39 is 5.41 Å². The van der Waals surface area contributed by atoms with Gasteiger partial charge in [-0.05, 0) is 236 Å². The summed E-state index contributed by atoms with van der Waals surface area (Å²) in [6, 6.07) is 173. The Morgan fingerprint density at radius 2 is 0.279 bits per heavy atom. The molecule has 4 aliphatic rings. The highest BCUT2D eigenvalue weighted by molar-refractivity contribution is 6.08. The van der Waals surface area contributed by atoms with Crippen molar-refractivity contribution in [3.63, 3.8) is 0 Å². The molecule has 0 saturated carbocycles. The lowest BCUT2D eigenvalue weighted by Crippen LogP contribution is -2.31. The Labute approximate surface area is 754 Å². The molecule has 0 radical (unpaired) electrons. The van der Waals surface area contributed by atoms with Crippen LogP contribution in [0.5, 0.6) is 0 Å². The highest BCUT2D eigenvalue weighted by atomic mass is 15.2. The summed E-state index contributed by atoms with van der Waals surface area (Å²) in [7, 11) is 0. The lowest BCUT2D eigenvalue weighted by atomic mass is 9.64. The third-order valence-electron chi connectivity index (χ3n) is 27.3. The minimum absolute atomic E-state index is 0.865. The Hall–Kier alpha value is -16.4. The fraction of sp³-hybridized carbons (Fsp3) is 0.0400. The van der Waals surface area contributed by atoms with E-state index in [1.165, 1.54) is 111 Å². The zero-order valence-electron chi connectivity index (χ0n) is 72.2. The maximum atomic E-state index is 2.45. The molecule has 4 nitrogen and oxygen atoms in total. The normalized spacial score (nSPS) is 12.4. The number of nitrogens with zero attached hydrogens (tertiary/aromatic N) is 4. The fourth-order valence-corrected chi connectivity index (χ4v) is 21.1. The molecule has 0 atom stereocenters. The number of rotatable bonds is 12. The third kappa shape index (κ3) is 12.8. The van der Waals surface area contributed by atoms with Gasteiger partial charge in [0.25, 0.3) is 0 Å². The van der Waals surface area contributed by atoms with Gasteiger partial charge in [0.05, 0.1) is 50.9 Å². The van der Waals surface area contributed by atoms with Crippen molar-refractivity contribution in [2.45, 2.75) is 33.1 Å². The van der Waals surface area contributed by atoms with Crippen molar-refractivity contribution < 1.29 is 0 Å². The summed E-state index contributed by atoms with van der Waals surface area (Å²) in [6.45, 7) is 8.76. The minimum atomic E-state index is -0.865. The number of fused-ring (bicyclic) bond motifs is 20. The van der Waals surface area contributed by atoms with Crippen LogP contribution < -0.4 is 19.6 Å². The van der Waals surface area contributed by atoms with Crippen LogP contribution in [-0.4, -0.2) is 0 Å². The zero-order valence-corrected chi connectivity index (χ0v) is 72.2. The Bertz CT molecular complexity index is 6870. The second kappa shape index (κ2) is 31.1. The van der Waals surface area contributed by atoms with Gasteiger partial charge in [-0.25, -0.2) is 0 Å². The zero-order chi connectivity index (χ0) is 86.0. The first-order valence-corrected chi connectivity index (χ1v) is 44.8. The summed E-state index contributed by atoms with van der Waals surface area (Å²) >= 11 is 0. The lowest BCUT2D eigenvalue weighted by Gasteiger charge is -2.37. The predicted molar refractivity (Wildman–Crippen MR) is 542 cm³/mol. The molecule has 0 saturated heterocycles. The first-order valence-electron chi connectivity index (χ1n) is 44.8. The lowest BCUT2D eigenvalue weighted by molar-refractivity contribution is 0.745. The molecule has 24 rings (SSSR count). The van der Waals surface area contributed by atoms with Crippen molar-refractivity contribution in [2.24, 2.45) is 0 Å². The Morgan fingerprint density at radius 3 is 0.450 bits per heavy atom. The number of anilines is 12. The predicted octanol–water partition coefficient (Wildman–Crippen LogP) is 34.4. The van der Waals surface area contributed by atoms with E-state index in [2.05, 4.69) is 508 Å². The molecule has 4 heterocycles. The van der Waals surface area contributed by atoms with E-state index in [0.29, 0.717) is 0 Å². The van der Waals surface area contributed by atoms with E-state index in [9.17, 15) is 0 Å². The molecule has 0 aromatic heterocycles. The van der Waals surface area contributed by atoms with E-state index in [-0.39, 0.29) is 0 Å². The molecule has 0 bridgehead atoms. The second-order valence-corrected chi connectivity index (χ2v) is 34.9. The van der Waals surface area contributed by atoms with E-state index in [0.717, 1.165) is 135 Å². The number of benzene rings is 20. The van der Waals surface area contributed by atoms with Gasteiger partial charge in [-0.15, -0.1) is 0 Å². The largest absolute Gasteiger partial charge is 0.309 e. The average Bonchev–Trinajstić information content (AvgIpc) is 1.57. The third-order valence-corrected chi connectivity index (χ3v) is 27.3. The Balaban J connectivity index is 0.641. The Morgan fingerprint density at radius 1 is 0.132 bits per heavy atom. The summed E-state index contributed by atoms with van der Waals surface area (Å²) < 4.78 is 0. The maximum absolute atomic E-state index is 2.45. The van der Waals surface area contributed by atoms with Gasteiger partial charge in [0, 0.05) is 67.3 Å². The topological polar surface area (TPSA) is 13.0 Å². The van der Waals surface area contributed by atoms with Gasteiger partial charge in [-0.3, -0.25) is 0 Å². The number of aryl methyl sites for hydroxylation is 4. The van der Waals surface area contributed by atoms with Crippen molar-refractivity contribution in [3.8, 4) is 134 Å². The molecule has 0 unspecified atom stereocenters. The van der Waals surface area contributed by atoms with Crippen LogP contribution in [0.2, 0.25) is 0 Å². The van der Waals surface area contributed by atoms with Crippen LogP contribution in [0, 0.1) is 27.7 Å². The van der Waals surface area contributed by atoms with Crippen LogP contribution >= 0.6 is 0 Å². The molecule has 20 aromatic rings. The maximum Gasteiger partial charge on any atom is 0.0701 e. The molecule has 0 N–H and O–H groups in total. The van der Waals surface area contributed by atoms with Crippen LogP contribution in [0.15, 0.2) is 461 Å². The summed E-state index contributed by atoms with van der Waals surface area (Å²) in [5.41, 5.74) is 50.9. The van der Waals surface area contributed by atoms with E-state index in [4.69, 9.17) is 0 Å². The van der Waals surface area contributed by atoms with E-state index in [1.807, 2.05) is 0 Å². The summed E-state index contributed by atoms with van der Waals surface area (Å²) in [6.07, 6.45) is 0. The average molecular weight is 1650 g/mol. The first-order chi connectivity index (χ1) is 63.6. The van der Waals surface area contributed by atoms with Gasteiger partial charge in [0.15, 0.2) is 0 Å². The van der Waals surface area contributed by atoms with Gasteiger partial charge < -0.3 is 19.6 Å². The number of para-hydroxylation sites is 8. The van der Waals surface area contributed by atoms with Crippen LogP contribution in [0.3, 0.4) is 0 Å². The SMILES string of the molecule is Cc1ccc2c(c1)-c1ccccc1N(c1ccc(-c3ccc(C(c4ccc(-c5ccc(N6c7ccccc7-c7ccc(C)cc7-c7ccccc76)cc5)cc4)(c4ccc(-c5ccc(N6c7ccccc7-c7ccc(C)cc7-c7ccccc76)cc5)cc4)c4ccc(-c5ccc(N6c7ccccc7-c7ccc(C)cc7-c7ccccc76)cc5)cc4)cc3)cc1)c1ccccc1-2. The summed E-state index contributed by atoms with van der Waals surface area (Å²) in [5, 5.41) is 0. The summed E-state index contributed by atoms with van der Waals surface area (Å²) in [5.74, 6) is 0. The molecule has 20 aromatic carbocycles. The standard InChI is InChI=1S/C125H88N4/c1-81-37-73-101-105-21-5-13-29-117(105)126(121-33-17-9-25-109(121)113(101)77-81)97-65-49-89(50-66-97)85-41-57-93(58-42-85)125(94-59-43-86(44-60-94)90-51-67-98(68-52-90)127-118-30-14-6-22-106(118)102-74-38-82(2)78-114(102)110-26-10-18-34-122(110)127,95-61-45-87(46-62-95)91-53-69-99(70-54-91)128-119-31-15-7-23-107(119)103-75-39-83(3)79-115(103)111-27-11-19-35-123(111)128)96-63-47-88(48-64-96)92-55-71-100(72-56-92)129-120-32-16-8-24-108(120)104-76-40-84(4)80-116(104)112-28-12-20-36-124(112)129/h5-80H,1-4H3. The molecule has 129 heavy (non-hydrogen) atoms. The quantitative estimate of drug-likeness (QED) is 0.113. The van der Waals surface area contributed by atoms with Crippen molar-refractivity contribution in [2.75, 3.05) is 19.6 Å². The Kier molecular flexibility index (Phi) is 18.4. The molecule has 4 heteroatoms. The first kappa shape index (κ1) is 76.3. The van der Waals surface area contributed by atoms with Crippen molar-refractivity contribution in [1.82, 2.24) is 0 Å². The fourth-order valence-electron chi connectivity index (χ4n) is 21.1. The van der Waals surface area contributed by atoms with Crippen LogP contribution in [-0.2, 0) is 5.41 Å². The molecular formula is C125H88N4. The van der Waals surface area contributed by atoms with Crippen molar-refractivity contribution in [3.05, 3.63) is 506 Å². The van der Waals surface area contributed by atoms with Gasteiger partial charge in [-0.1, -0.05) is 386 Å². The highest BCUT2D eigenvalue weighted by Gasteiger charge is 2.40. The molecule has 0 amide bonds. The van der Waals surface area contributed by atoms with Crippen LogP contribution in [0.25, 0.3) is 134 Å². The monoisotopic (exact) mass is 1640 g/mol. The smallest absolute Gasteiger partial charge is 0.0701 e. The number of hydrogen-bond acceptors (Lipinski definition) is 4. The van der Waals surface area contributed by atoms with Gasteiger partial charge in [0.2, 0.25) is 0 Å². The van der Waals surface area contributed by atoms with Gasteiger partial charge in [-0.2, -0.15) is 0 Å². The molecule has 0 aliphatic carbocycles. The minimum Gasteiger partial charge on any atom is -0.309 e. The highest BCUT2D eigenvalue weighted by Crippen LogP contribution is 2.58. The summed E-state index contributed by atoms with van der Waals surface area (Å²) in [4.78, 5) is 9.78. The van der Waals surface area contributed by atoms with Crippen LogP contribution in [0.1, 0.15) is 44.5 Å². The molecular weight excluding hydrogens is 1560 g/mol. The molecule has 608 valence electrons. The van der Waals surface area contributed by atoms with E-state index in [1.54, 1.807) is 0 Å². The molecule has 4 aliphatic heterocycles. The van der Waals surface area contributed by atoms with Crippen molar-refractivity contribution in [1.29, 1.82) is 0 Å².